The van der Waals surface area contributed by atoms with Crippen molar-refractivity contribution in [3.63, 3.8) is 0 Å². The van der Waals surface area contributed by atoms with Crippen LogP contribution in [0.4, 0.5) is 0 Å². The lowest BCUT2D eigenvalue weighted by Gasteiger charge is -2.15. The standard InChI is InChI=1S/C16H25N3O2/c1-4-5-8-19(2)12-16-14-11-13(21-10-9-20-3)6-7-15(14)17-18-16/h6-7,11H,4-5,8-10,12H2,1-3H3,(H,17,18). The van der Waals surface area contributed by atoms with Gasteiger partial charge in [-0.25, -0.2) is 0 Å². The summed E-state index contributed by atoms with van der Waals surface area (Å²) in [5, 5.41) is 8.63. The maximum atomic E-state index is 5.67. The first-order valence-electron chi connectivity index (χ1n) is 7.52. The second-order valence-electron chi connectivity index (χ2n) is 5.31. The molecule has 2 aromatic rings. The molecule has 2 rings (SSSR count). The first-order chi connectivity index (χ1) is 10.2. The summed E-state index contributed by atoms with van der Waals surface area (Å²) < 4.78 is 10.7. The predicted molar refractivity (Wildman–Crippen MR) is 84.7 cm³/mol. The lowest BCUT2D eigenvalue weighted by atomic mass is 10.2. The van der Waals surface area contributed by atoms with E-state index in [1.165, 1.54) is 12.8 Å². The Bertz CT molecular complexity index is 553. The molecule has 0 amide bonds. The third-order valence-corrected chi connectivity index (χ3v) is 3.48. The van der Waals surface area contributed by atoms with Gasteiger partial charge in [0, 0.05) is 19.0 Å². The molecule has 0 aliphatic heterocycles. The zero-order valence-corrected chi connectivity index (χ0v) is 13.2. The van der Waals surface area contributed by atoms with Gasteiger partial charge in [-0.3, -0.25) is 5.10 Å². The lowest BCUT2D eigenvalue weighted by Crippen LogP contribution is -2.19. The Balaban J connectivity index is 2.07. The highest BCUT2D eigenvalue weighted by atomic mass is 16.5. The maximum absolute atomic E-state index is 5.67. The van der Waals surface area contributed by atoms with E-state index in [1.54, 1.807) is 7.11 Å². The van der Waals surface area contributed by atoms with Crippen LogP contribution < -0.4 is 4.74 Å². The van der Waals surface area contributed by atoms with Gasteiger partial charge in [0.05, 0.1) is 17.8 Å². The number of hydrogen-bond acceptors (Lipinski definition) is 4. The summed E-state index contributed by atoms with van der Waals surface area (Å²) >= 11 is 0. The maximum Gasteiger partial charge on any atom is 0.120 e. The molecule has 0 aliphatic carbocycles. The number of methoxy groups -OCH3 is 1. The Morgan fingerprint density at radius 1 is 1.29 bits per heavy atom. The number of hydrogen-bond donors (Lipinski definition) is 1. The van der Waals surface area contributed by atoms with E-state index in [1.807, 2.05) is 12.1 Å². The molecular weight excluding hydrogens is 266 g/mol. The van der Waals surface area contributed by atoms with E-state index in [0.717, 1.165) is 35.4 Å². The number of nitrogens with one attached hydrogen (secondary N) is 1. The molecule has 1 aromatic carbocycles. The van der Waals surface area contributed by atoms with E-state index < -0.39 is 0 Å². The Morgan fingerprint density at radius 2 is 2.14 bits per heavy atom. The van der Waals surface area contributed by atoms with E-state index in [9.17, 15) is 0 Å². The highest BCUT2D eigenvalue weighted by Gasteiger charge is 2.09. The fourth-order valence-electron chi connectivity index (χ4n) is 2.27. The molecule has 0 spiro atoms. The normalized spacial score (nSPS) is 11.4. The monoisotopic (exact) mass is 291 g/mol. The molecule has 5 heteroatoms. The van der Waals surface area contributed by atoms with E-state index in [-0.39, 0.29) is 0 Å². The van der Waals surface area contributed by atoms with Crippen molar-refractivity contribution >= 4 is 10.9 Å². The highest BCUT2D eigenvalue weighted by molar-refractivity contribution is 5.82. The highest BCUT2D eigenvalue weighted by Crippen LogP contribution is 2.23. The number of unbranched alkanes of at least 4 members (excludes halogenated alkanes) is 1. The smallest absolute Gasteiger partial charge is 0.120 e. The molecule has 1 heterocycles. The van der Waals surface area contributed by atoms with Crippen LogP contribution in [0.25, 0.3) is 10.9 Å². The van der Waals surface area contributed by atoms with Gasteiger partial charge in [0.15, 0.2) is 0 Å². The van der Waals surface area contributed by atoms with Crippen LogP contribution in [0.15, 0.2) is 18.2 Å². The van der Waals surface area contributed by atoms with Crippen molar-refractivity contribution in [2.75, 3.05) is 33.9 Å². The van der Waals surface area contributed by atoms with Crippen molar-refractivity contribution in [1.82, 2.24) is 15.1 Å². The molecule has 0 aliphatic rings. The number of benzene rings is 1. The molecule has 0 fully saturated rings. The second-order valence-corrected chi connectivity index (χ2v) is 5.31. The van der Waals surface area contributed by atoms with Gasteiger partial charge in [-0.2, -0.15) is 5.10 Å². The third-order valence-electron chi connectivity index (χ3n) is 3.48. The first kappa shape index (κ1) is 15.8. The number of H-pyrrole nitrogens is 1. The summed E-state index contributed by atoms with van der Waals surface area (Å²) in [7, 11) is 3.81. The van der Waals surface area contributed by atoms with Crippen molar-refractivity contribution in [3.8, 4) is 5.75 Å². The minimum Gasteiger partial charge on any atom is -0.491 e. The molecule has 0 unspecified atom stereocenters. The number of ether oxygens (including phenoxy) is 2. The van der Waals surface area contributed by atoms with Crippen LogP contribution >= 0.6 is 0 Å². The second kappa shape index (κ2) is 8.00. The van der Waals surface area contributed by atoms with Crippen LogP contribution in [0.3, 0.4) is 0 Å². The van der Waals surface area contributed by atoms with Crippen LogP contribution in [-0.2, 0) is 11.3 Å². The Morgan fingerprint density at radius 3 is 2.90 bits per heavy atom. The first-order valence-corrected chi connectivity index (χ1v) is 7.52. The van der Waals surface area contributed by atoms with Gasteiger partial charge >= 0.3 is 0 Å². The summed E-state index contributed by atoms with van der Waals surface area (Å²) in [4.78, 5) is 2.31. The molecule has 0 bridgehead atoms. The van der Waals surface area contributed by atoms with Crippen molar-refractivity contribution < 1.29 is 9.47 Å². The molecule has 5 nitrogen and oxygen atoms in total. The van der Waals surface area contributed by atoms with Gasteiger partial charge < -0.3 is 14.4 Å². The average molecular weight is 291 g/mol. The van der Waals surface area contributed by atoms with Gasteiger partial charge in [0.2, 0.25) is 0 Å². The number of fused-ring (bicyclic) bond motifs is 1. The molecular formula is C16H25N3O2. The zero-order chi connectivity index (χ0) is 15.1. The molecule has 21 heavy (non-hydrogen) atoms. The van der Waals surface area contributed by atoms with Gasteiger partial charge in [-0.15, -0.1) is 0 Å². The van der Waals surface area contributed by atoms with Crippen molar-refractivity contribution in [1.29, 1.82) is 0 Å². The number of aromatic nitrogens is 2. The minimum absolute atomic E-state index is 0.561. The largest absolute Gasteiger partial charge is 0.491 e. The van der Waals surface area contributed by atoms with E-state index in [2.05, 4.69) is 35.1 Å². The van der Waals surface area contributed by atoms with Crippen LogP contribution in [0.1, 0.15) is 25.5 Å². The molecule has 116 valence electrons. The fourth-order valence-corrected chi connectivity index (χ4v) is 2.27. The zero-order valence-electron chi connectivity index (χ0n) is 13.2. The predicted octanol–water partition coefficient (Wildman–Crippen LogP) is 2.82. The number of rotatable bonds is 9. The van der Waals surface area contributed by atoms with E-state index in [4.69, 9.17) is 9.47 Å². The van der Waals surface area contributed by atoms with Crippen LogP contribution in [-0.4, -0.2) is 49.0 Å². The molecule has 0 atom stereocenters. The topological polar surface area (TPSA) is 50.4 Å². The average Bonchev–Trinajstić information content (AvgIpc) is 2.88. The van der Waals surface area contributed by atoms with Crippen molar-refractivity contribution in [2.45, 2.75) is 26.3 Å². The Labute approximate surface area is 126 Å². The van der Waals surface area contributed by atoms with Crippen LogP contribution in [0.2, 0.25) is 0 Å². The number of nitrogens with zero attached hydrogens (tertiary/aromatic N) is 2. The molecule has 0 saturated heterocycles. The molecule has 1 N–H and O–H groups in total. The Kier molecular flexibility index (Phi) is 6.02. The minimum atomic E-state index is 0.561. The number of aromatic amines is 1. The SMILES string of the molecule is CCCCN(C)Cc1[nH]nc2ccc(OCCOC)cc12. The Hall–Kier alpha value is -1.59. The fraction of sp³-hybridized carbons (Fsp3) is 0.562. The lowest BCUT2D eigenvalue weighted by molar-refractivity contribution is 0.146. The van der Waals surface area contributed by atoms with Gasteiger partial charge in [0.1, 0.15) is 12.4 Å². The van der Waals surface area contributed by atoms with Crippen LogP contribution in [0.5, 0.6) is 5.75 Å². The summed E-state index contributed by atoms with van der Waals surface area (Å²) in [6.45, 7) is 5.34. The summed E-state index contributed by atoms with van der Waals surface area (Å²) in [6.07, 6.45) is 2.43. The van der Waals surface area contributed by atoms with Crippen molar-refractivity contribution in [3.05, 3.63) is 23.9 Å². The molecule has 0 radical (unpaired) electrons. The van der Waals surface area contributed by atoms with Crippen LogP contribution in [0, 0.1) is 0 Å². The summed E-state index contributed by atoms with van der Waals surface area (Å²) in [5.74, 6) is 0.860. The van der Waals surface area contributed by atoms with E-state index in [0.29, 0.717) is 13.2 Å². The van der Waals surface area contributed by atoms with E-state index >= 15 is 0 Å². The van der Waals surface area contributed by atoms with Gasteiger partial charge in [-0.05, 0) is 38.2 Å². The summed E-state index contributed by atoms with van der Waals surface area (Å²) in [5.41, 5.74) is 2.12. The van der Waals surface area contributed by atoms with Crippen molar-refractivity contribution in [2.24, 2.45) is 0 Å². The molecule has 1 aromatic heterocycles. The quantitative estimate of drug-likeness (QED) is 0.722. The van der Waals surface area contributed by atoms with Gasteiger partial charge in [0.25, 0.3) is 0 Å². The third kappa shape index (κ3) is 4.44. The van der Waals surface area contributed by atoms with Gasteiger partial charge in [-0.1, -0.05) is 13.3 Å². The summed E-state index contributed by atoms with van der Waals surface area (Å²) in [6, 6.07) is 5.99. The molecule has 0 saturated carbocycles.